The summed E-state index contributed by atoms with van der Waals surface area (Å²) in [5, 5.41) is 76.6. The monoisotopic (exact) mass is 2330 g/mol. The molecule has 8 aromatic carbocycles. The molecule has 6 N–H and O–H groups in total. The number of aromatic hydroxyl groups is 1. The van der Waals surface area contributed by atoms with Crippen LogP contribution in [-0.4, -0.2) is 164 Å². The Labute approximate surface area is 972 Å². The van der Waals surface area contributed by atoms with Crippen molar-refractivity contribution < 1.29 is 178 Å². The number of phenols is 1. The van der Waals surface area contributed by atoms with Crippen molar-refractivity contribution in [3.8, 4) is 86.6 Å². The number of nitrogens with zero attached hydrogens (tertiary/aromatic N) is 9. The molecule has 2 aliphatic heterocycles. The van der Waals surface area contributed by atoms with Crippen LogP contribution >= 0.6 is 110 Å². The Bertz CT molecular complexity index is 5960. The van der Waals surface area contributed by atoms with E-state index in [-0.39, 0.29) is 132 Å². The van der Waals surface area contributed by atoms with E-state index in [1.165, 1.54) is 58.3 Å². The normalized spacial score (nSPS) is 11.2. The van der Waals surface area contributed by atoms with Gasteiger partial charge in [-0.25, -0.2) is 19.2 Å². The minimum Gasteiger partial charge on any atom is -1.00 e. The van der Waals surface area contributed by atoms with Gasteiger partial charge in [-0.2, -0.15) is 21.0 Å². The number of halogens is 9. The smallest absolute Gasteiger partial charge is 1.00 e. The molecule has 6 heterocycles. The van der Waals surface area contributed by atoms with Crippen molar-refractivity contribution in [3.05, 3.63) is 198 Å². The van der Waals surface area contributed by atoms with Crippen LogP contribution in [0, 0.1) is 52.2 Å². The van der Waals surface area contributed by atoms with Gasteiger partial charge in [0, 0.05) is 135 Å². The molecule has 0 radical (unpaired) electrons. The minimum atomic E-state index is -1.00. The number of phenolic OH excluding ortho intramolecular Hbond substituents is 1. The molecule has 142 heavy (non-hydrogen) atoms. The van der Waals surface area contributed by atoms with E-state index in [1.807, 2.05) is 141 Å². The summed E-state index contributed by atoms with van der Waals surface area (Å²) in [5.41, 5.74) is 16.3. The van der Waals surface area contributed by atoms with Crippen LogP contribution in [0.2, 0.25) is 0 Å². The summed E-state index contributed by atoms with van der Waals surface area (Å²) in [6, 6.07) is 61.8. The Morgan fingerprint density at radius 2 is 0.796 bits per heavy atom. The van der Waals surface area contributed by atoms with Gasteiger partial charge in [-0.1, -0.05) is 76.6 Å². The second-order valence-corrected chi connectivity index (χ2v) is 38.6. The maximum Gasteiger partial charge on any atom is 1.00 e. The molecule has 14 rings (SSSR count). The molecule has 0 spiro atoms. The average molecular weight is 2340 g/mol. The predicted molar refractivity (Wildman–Crippen MR) is 577 cm³/mol. The number of nitriles is 4. The van der Waals surface area contributed by atoms with E-state index < -0.39 is 31.5 Å². The topological polar surface area (TPSA) is 372 Å². The Morgan fingerprint density at radius 3 is 1.07 bits per heavy atom. The van der Waals surface area contributed by atoms with Crippen LogP contribution in [-0.2, 0) is 54.8 Å². The van der Waals surface area contributed by atoms with E-state index in [0.717, 1.165) is 149 Å². The van der Waals surface area contributed by atoms with Gasteiger partial charge < -0.3 is 73.6 Å². The first-order chi connectivity index (χ1) is 68.3. The SMILES string of the molecule is BrB(Br)Br.C1CCNC1.CCOC(=O)Nc1cccc(-c2c(C#N)c3ccc(C)cc3n2CC)c1.CCOC(=O)Nc1cccc(-c2c(C#N)c3ccc(O)cc3n2CC)c1.CCOC(=O)Nc1cccc(-c2c(C#N)c3ccc(OCCCCl)cc3n2CC)c1.CCOC(=O)Nc1cccc(-c2c(C#N)c3ccc(OCCCN4CCCC4)cc3n2CC)c1.ClCCCCBr.ClCCl.O=CO[O-].[2H]CF.[H-].[K+].[K+]. The first kappa shape index (κ1) is 126. The Balaban J connectivity index is 0.000000597. The molecule has 28 nitrogen and oxygen atoms in total. The summed E-state index contributed by atoms with van der Waals surface area (Å²) in [7, 11) is -1.00. The number of nitrogens with one attached hydrogen (secondary N) is 5. The van der Waals surface area contributed by atoms with E-state index in [9.17, 15) is 49.7 Å². The number of anilines is 4. The predicted octanol–water partition coefficient (Wildman–Crippen LogP) is 20.4. The van der Waals surface area contributed by atoms with E-state index in [2.05, 4.69) is 157 Å². The summed E-state index contributed by atoms with van der Waals surface area (Å²) in [4.78, 5) is 60.7. The maximum atomic E-state index is 11.9. The zero-order valence-electron chi connectivity index (χ0n) is 83.8. The van der Waals surface area contributed by atoms with Crippen LogP contribution in [0.3, 0.4) is 0 Å². The van der Waals surface area contributed by atoms with Gasteiger partial charge in [0.1, 0.15) is 41.5 Å². The number of benzene rings is 8. The third kappa shape index (κ3) is 40.7. The Morgan fingerprint density at radius 1 is 0.493 bits per heavy atom. The number of aromatic nitrogens is 4. The quantitative estimate of drug-likeness (QED) is 0.00482. The van der Waals surface area contributed by atoms with Crippen LogP contribution in [0.4, 0.5) is 46.3 Å². The largest absolute Gasteiger partial charge is 1.00 e. The minimum absolute atomic E-state index is 0. The van der Waals surface area contributed by atoms with Crippen LogP contribution < -0.4 is 144 Å². The molecule has 0 aliphatic carbocycles. The number of aryl methyl sites for hydroxylation is 5. The number of amides is 4. The molecular weight excluding hydrogens is 2210 g/mol. The van der Waals surface area contributed by atoms with Gasteiger partial charge in [0.25, 0.3) is 6.47 Å². The van der Waals surface area contributed by atoms with Crippen molar-refractivity contribution >= 4 is 210 Å². The fourth-order valence-corrected chi connectivity index (χ4v) is 16.0. The fourth-order valence-electron chi connectivity index (χ4n) is 15.3. The number of carbonyl (C=O) groups is 5. The molecule has 2 aliphatic rings. The van der Waals surface area contributed by atoms with Crippen molar-refractivity contribution in [1.82, 2.24) is 28.5 Å². The zero-order valence-corrected chi connectivity index (χ0v) is 97.4. The van der Waals surface area contributed by atoms with Crippen LogP contribution in [0.1, 0.15) is 137 Å². The van der Waals surface area contributed by atoms with Crippen molar-refractivity contribution in [1.29, 1.82) is 21.0 Å². The fraction of sp³-hybridized carbons (Fsp3) is 0.363. The van der Waals surface area contributed by atoms with E-state index in [0.29, 0.717) is 104 Å². The van der Waals surface area contributed by atoms with Crippen molar-refractivity contribution in [2.24, 2.45) is 0 Å². The molecule has 750 valence electrons. The zero-order chi connectivity index (χ0) is 104. The summed E-state index contributed by atoms with van der Waals surface area (Å²) in [6.07, 6.45) is 7.46. The van der Waals surface area contributed by atoms with Gasteiger partial charge >= 0.3 is 130 Å². The van der Waals surface area contributed by atoms with E-state index >= 15 is 0 Å². The summed E-state index contributed by atoms with van der Waals surface area (Å²) in [5.74, 6) is 3.06. The third-order valence-electron chi connectivity index (χ3n) is 20.8. The third-order valence-corrected chi connectivity index (χ3v) is 21.9. The number of likely N-dealkylation sites (tertiary alicyclic amines) is 1. The van der Waals surface area contributed by atoms with Crippen molar-refractivity contribution in [2.75, 3.05) is 123 Å². The number of hydrogen-bond donors (Lipinski definition) is 6. The summed E-state index contributed by atoms with van der Waals surface area (Å²) < 4.78 is 55.8. The molecule has 2 saturated heterocycles. The van der Waals surface area contributed by atoms with Gasteiger partial charge in [0.2, 0.25) is 0 Å². The second-order valence-electron chi connectivity index (χ2n) is 29.8. The van der Waals surface area contributed by atoms with E-state index in [1.54, 1.807) is 76.2 Å². The van der Waals surface area contributed by atoms with Gasteiger partial charge in [-0.05, 0) is 236 Å². The molecule has 0 saturated carbocycles. The van der Waals surface area contributed by atoms with Gasteiger partial charge in [-0.15, -0.1) is 93.7 Å². The average Bonchev–Trinajstić information content (AvgIpc) is 1.64. The number of ether oxygens (including phenoxy) is 6. The first-order valence-corrected chi connectivity index (χ1v) is 51.4. The van der Waals surface area contributed by atoms with Gasteiger partial charge in [0.05, 0.1) is 121 Å². The molecule has 4 aromatic heterocycles. The van der Waals surface area contributed by atoms with Gasteiger partial charge in [-0.3, -0.25) is 30.5 Å². The number of unbranched alkanes of at least 4 members (excludes halogenated alkanes) is 1. The molecule has 2 fully saturated rings. The second kappa shape index (κ2) is 73.2. The van der Waals surface area contributed by atoms with Crippen molar-refractivity contribution in [3.63, 3.8) is 0 Å². The summed E-state index contributed by atoms with van der Waals surface area (Å²) in [6.45, 7) is 28.2. The Hall–Kier alpha value is -7.94. The molecule has 4 amide bonds. The molecule has 40 heteroatoms. The van der Waals surface area contributed by atoms with E-state index in [4.69, 9.17) is 86.2 Å². The number of rotatable bonds is 29. The van der Waals surface area contributed by atoms with Crippen LogP contribution in [0.15, 0.2) is 170 Å². The van der Waals surface area contributed by atoms with Crippen LogP contribution in [0.5, 0.6) is 17.2 Å². The number of alkyl halides is 6. The van der Waals surface area contributed by atoms with Crippen LogP contribution in [0.25, 0.3) is 88.6 Å². The summed E-state index contributed by atoms with van der Waals surface area (Å²) >= 11 is 33.2. The first-order valence-electron chi connectivity index (χ1n) is 46.1. The maximum absolute atomic E-state index is 11.9. The van der Waals surface area contributed by atoms with Crippen molar-refractivity contribution in [2.45, 2.75) is 140 Å². The van der Waals surface area contributed by atoms with Gasteiger partial charge in [0.15, 0.2) is 0 Å². The number of fused-ring (bicyclic) bond motifs is 4. The standard InChI is InChI=1S/C27H32N4O3.C23H24ClN3O3.C21H21N3O2.C20H19N3O3.C4H8BrCl.C4H9N.CH2Cl2.CH3F.CH2O3.BBr3.2K.H/c1-3-31-25-18-22(34-16-8-15-30-13-5-6-14-30)11-12-23(25)24(19-28)26(31)20-9-7-10-21(17-20)29-27(32)33-4-2;1-3-27-21-14-18(30-12-6-11-24)9-10-19(21)20(15-25)22(27)16-7-5-8-17(13-16)26-23(28)29-4-2;1-4-24-19-11-14(3)9-10-17(19)18(13-22)20(24)15-7-6-8-16(12-15)23-21(25)26-5-2;1-3-23-18-11-15(24)8-9-16(18)17(12-21)19(23)13-6-5-7-14(10-13)22-20(25)26-4-2;5-3-1-2-4-6;1-2-4-5-3-1;2-1-3;1-2;2-1-4-3;2-1(3)4;;;/h7,9-12,17-18H,3-6,8,13-16H2,1-2H3,(H,29,32);5,7-10,13-14H,3-4,6,11-12H2,1-2H3,(H,26,28);6-12H,4-5H2,1-3H3,(H,23,25);5-11,24H,3-4H2,1-2H3,(H,22,25);1-4H2;5H,1-4H2;1H2;1H3;1,3H;;;;/q;;;;;;;;;;2*+1;-1/p-1/i;;;;;;;1D;;;;;. The number of carbonyl (C=O) groups excluding carboxylic acids is 5. The molecule has 0 atom stereocenters. The molecule has 12 aromatic rings. The Kier molecular flexibility index (Phi) is 65.1. The number of hydrogen-bond acceptors (Lipinski definition) is 20. The molecule has 0 bridgehead atoms. The molecule has 0 unspecified atom stereocenters. The molecular formula is C102H120BBr4Cl4FK2N14O14.